The lowest BCUT2D eigenvalue weighted by Crippen LogP contribution is -1.94. The summed E-state index contributed by atoms with van der Waals surface area (Å²) in [4.78, 5) is 22.8. The number of hydrazone groups is 1. The minimum Gasteiger partial charge on any atom is -0.313 e. The zero-order valence-corrected chi connectivity index (χ0v) is 11.2. The first-order chi connectivity index (χ1) is 7.86. The van der Waals surface area contributed by atoms with Crippen LogP contribution in [-0.4, -0.2) is 34.2 Å². The van der Waals surface area contributed by atoms with E-state index in [1.54, 1.807) is 25.0 Å². The third kappa shape index (κ3) is 11.4. The van der Waals surface area contributed by atoms with E-state index in [4.69, 9.17) is 19.2 Å². The molecular formula is C9H15N2O4PS. The fraction of sp³-hybridized carbons (Fsp3) is 0.222. The van der Waals surface area contributed by atoms with Gasteiger partial charge in [-0.15, -0.1) is 11.8 Å². The Morgan fingerprint density at radius 1 is 1.29 bits per heavy atom. The van der Waals surface area contributed by atoms with E-state index in [1.807, 2.05) is 12.1 Å². The van der Waals surface area contributed by atoms with Crippen molar-refractivity contribution < 1.29 is 19.2 Å². The molecule has 4 N–H and O–H groups in total. The second-order valence-corrected chi connectivity index (χ2v) is 4.67. The molecule has 0 atom stereocenters. The fourth-order valence-corrected chi connectivity index (χ4v) is 1.24. The summed E-state index contributed by atoms with van der Waals surface area (Å²) in [6.45, 7) is 0. The van der Waals surface area contributed by atoms with E-state index in [-0.39, 0.29) is 0 Å². The Labute approximate surface area is 104 Å². The Bertz CT molecular complexity index is 382. The number of rotatable bonds is 3. The molecule has 8 heteroatoms. The van der Waals surface area contributed by atoms with Gasteiger partial charge < -0.3 is 20.1 Å². The second kappa shape index (κ2) is 8.27. The van der Waals surface area contributed by atoms with E-state index in [0.717, 1.165) is 5.56 Å². The van der Waals surface area contributed by atoms with Crippen LogP contribution in [0.25, 0.3) is 0 Å². The van der Waals surface area contributed by atoms with Gasteiger partial charge in [0, 0.05) is 11.9 Å². The molecule has 0 aliphatic heterocycles. The van der Waals surface area contributed by atoms with Crippen molar-refractivity contribution in [3.05, 3.63) is 29.8 Å². The van der Waals surface area contributed by atoms with Gasteiger partial charge in [0.2, 0.25) is 0 Å². The molecule has 6 nitrogen and oxygen atoms in total. The Balaban J connectivity index is 0.000000437. The second-order valence-electron chi connectivity index (χ2n) is 2.77. The largest absolute Gasteiger partial charge is 0.466 e. The molecule has 1 aromatic rings. The van der Waals surface area contributed by atoms with Crippen molar-refractivity contribution in [2.45, 2.75) is 4.90 Å². The number of nitrogens with one attached hydrogen (secondary N) is 1. The molecule has 0 unspecified atom stereocenters. The molecule has 0 saturated heterocycles. The van der Waals surface area contributed by atoms with Crippen LogP contribution in [0, 0.1) is 0 Å². The maximum absolute atomic E-state index is 8.88. The maximum Gasteiger partial charge on any atom is 0.466 e. The van der Waals surface area contributed by atoms with Crippen molar-refractivity contribution in [1.29, 1.82) is 0 Å². The molecule has 0 fully saturated rings. The van der Waals surface area contributed by atoms with Gasteiger partial charge in [-0.05, 0) is 24.0 Å². The summed E-state index contributed by atoms with van der Waals surface area (Å²) in [6, 6.07) is 8.27. The van der Waals surface area contributed by atoms with Crippen LogP contribution in [0.1, 0.15) is 5.56 Å². The first-order valence-electron chi connectivity index (χ1n) is 4.49. The normalized spacial score (nSPS) is 10.9. The van der Waals surface area contributed by atoms with Crippen LogP contribution in [0.4, 0.5) is 0 Å². The molecule has 1 aromatic carbocycles. The number of hydrogen-bond donors (Lipinski definition) is 4. The molecule has 0 bridgehead atoms. The predicted octanol–water partition coefficient (Wildman–Crippen LogP) is 1.03. The molecule has 0 spiro atoms. The van der Waals surface area contributed by atoms with Gasteiger partial charge in [0.25, 0.3) is 0 Å². The zero-order valence-electron chi connectivity index (χ0n) is 9.44. The topological polar surface area (TPSA) is 102 Å². The number of phosphoric acid groups is 1. The molecule has 17 heavy (non-hydrogen) atoms. The summed E-state index contributed by atoms with van der Waals surface area (Å²) in [5.41, 5.74) is 3.82. The van der Waals surface area contributed by atoms with E-state index in [2.05, 4.69) is 28.9 Å². The number of hydrogen-bond acceptors (Lipinski definition) is 4. The highest BCUT2D eigenvalue weighted by atomic mass is 32.2. The molecule has 0 heterocycles. The van der Waals surface area contributed by atoms with Gasteiger partial charge in [-0.1, -0.05) is 12.1 Å². The molecule has 0 radical (unpaired) electrons. The Hall–Kier alpha value is -0.850. The lowest BCUT2D eigenvalue weighted by Gasteiger charge is -1.95. The van der Waals surface area contributed by atoms with Gasteiger partial charge in [-0.2, -0.15) is 5.10 Å². The van der Waals surface area contributed by atoms with Crippen LogP contribution in [0.15, 0.2) is 34.3 Å². The van der Waals surface area contributed by atoms with Crippen LogP contribution >= 0.6 is 19.6 Å². The highest BCUT2D eigenvalue weighted by Gasteiger charge is 2.00. The van der Waals surface area contributed by atoms with Crippen LogP contribution in [0.3, 0.4) is 0 Å². The quantitative estimate of drug-likeness (QED) is 0.285. The summed E-state index contributed by atoms with van der Waals surface area (Å²) in [6.07, 6.45) is 3.86. The van der Waals surface area contributed by atoms with Crippen molar-refractivity contribution in [1.82, 2.24) is 5.43 Å². The molecule has 1 rings (SSSR count). The fourth-order valence-electron chi connectivity index (χ4n) is 0.829. The van der Waals surface area contributed by atoms with Gasteiger partial charge in [-0.25, -0.2) is 4.57 Å². The van der Waals surface area contributed by atoms with E-state index in [9.17, 15) is 0 Å². The van der Waals surface area contributed by atoms with Crippen LogP contribution < -0.4 is 5.43 Å². The van der Waals surface area contributed by atoms with Crippen LogP contribution in [0.5, 0.6) is 0 Å². The monoisotopic (exact) mass is 278 g/mol. The lowest BCUT2D eigenvalue weighted by molar-refractivity contribution is 0.275. The SMILES string of the molecule is CNN=Cc1ccc(SC)cc1.O=P(O)(O)O. The maximum atomic E-state index is 8.88. The van der Waals surface area contributed by atoms with Gasteiger partial charge in [-0.3, -0.25) is 0 Å². The Morgan fingerprint density at radius 3 is 2.12 bits per heavy atom. The summed E-state index contributed by atoms with van der Waals surface area (Å²) in [5, 5.41) is 3.92. The number of nitrogens with zero attached hydrogens (tertiary/aromatic N) is 1. The van der Waals surface area contributed by atoms with E-state index < -0.39 is 7.82 Å². The van der Waals surface area contributed by atoms with Crippen molar-refractivity contribution >= 4 is 25.8 Å². The third-order valence-corrected chi connectivity index (χ3v) is 2.20. The molecular weight excluding hydrogens is 263 g/mol. The van der Waals surface area contributed by atoms with Crippen LogP contribution in [-0.2, 0) is 4.57 Å². The summed E-state index contributed by atoms with van der Waals surface area (Å²) in [5.74, 6) is 0. The average molecular weight is 278 g/mol. The van der Waals surface area contributed by atoms with Gasteiger partial charge >= 0.3 is 7.82 Å². The van der Waals surface area contributed by atoms with Crippen molar-refractivity contribution in [2.24, 2.45) is 5.10 Å². The van der Waals surface area contributed by atoms with E-state index >= 15 is 0 Å². The standard InChI is InChI=1S/C9H12N2S.H3O4P/c1-10-11-7-8-3-5-9(12-2)6-4-8;1-5(2,3)4/h3-7,10H,1-2H3;(H3,1,2,3,4). The van der Waals surface area contributed by atoms with E-state index in [1.165, 1.54) is 4.90 Å². The minimum absolute atomic E-state index is 1.11. The Kier molecular flexibility index (Phi) is 7.86. The molecule has 96 valence electrons. The summed E-state index contributed by atoms with van der Waals surface area (Å²) < 4.78 is 8.88. The molecule has 0 amide bonds. The summed E-state index contributed by atoms with van der Waals surface area (Å²) >= 11 is 1.74. The average Bonchev–Trinajstić information content (AvgIpc) is 2.25. The third-order valence-electron chi connectivity index (χ3n) is 1.46. The zero-order chi connectivity index (χ0) is 13.3. The van der Waals surface area contributed by atoms with Crippen molar-refractivity contribution in [3.8, 4) is 0 Å². The lowest BCUT2D eigenvalue weighted by atomic mass is 10.2. The van der Waals surface area contributed by atoms with Crippen molar-refractivity contribution in [2.75, 3.05) is 13.3 Å². The summed E-state index contributed by atoms with van der Waals surface area (Å²) in [7, 11) is -2.85. The molecule has 0 aliphatic carbocycles. The molecule has 0 aliphatic rings. The van der Waals surface area contributed by atoms with Gasteiger partial charge in [0.1, 0.15) is 0 Å². The molecule has 0 aromatic heterocycles. The molecule has 0 saturated carbocycles. The number of benzene rings is 1. The number of thioether (sulfide) groups is 1. The first kappa shape index (κ1) is 16.1. The smallest absolute Gasteiger partial charge is 0.313 e. The van der Waals surface area contributed by atoms with Gasteiger partial charge in [0.05, 0.1) is 6.21 Å². The highest BCUT2D eigenvalue weighted by molar-refractivity contribution is 7.98. The first-order valence-corrected chi connectivity index (χ1v) is 7.28. The van der Waals surface area contributed by atoms with Crippen molar-refractivity contribution in [3.63, 3.8) is 0 Å². The minimum atomic E-state index is -4.64. The van der Waals surface area contributed by atoms with E-state index in [0.29, 0.717) is 0 Å². The highest BCUT2D eigenvalue weighted by Crippen LogP contribution is 2.25. The van der Waals surface area contributed by atoms with Crippen LogP contribution in [0.2, 0.25) is 0 Å². The Morgan fingerprint density at radius 2 is 1.76 bits per heavy atom. The predicted molar refractivity (Wildman–Crippen MR) is 69.1 cm³/mol. The van der Waals surface area contributed by atoms with Gasteiger partial charge in [0.15, 0.2) is 0 Å².